The number of nitrogens with one attached hydrogen (secondary N) is 3. The van der Waals surface area contributed by atoms with Crippen LogP contribution in [0.3, 0.4) is 0 Å². The highest BCUT2D eigenvalue weighted by Gasteiger charge is 2.02. The molecule has 6 nitrogen and oxygen atoms in total. The minimum Gasteiger partial charge on any atom is -0.352 e. The molecule has 106 valence electrons. The molecule has 20 heavy (non-hydrogen) atoms. The Hall–Kier alpha value is -2.63. The quantitative estimate of drug-likeness (QED) is 0.536. The molecule has 0 aromatic heterocycles. The molecule has 0 unspecified atom stereocenters. The van der Waals surface area contributed by atoms with Crippen LogP contribution in [-0.4, -0.2) is 24.3 Å². The molecule has 1 aromatic rings. The van der Waals surface area contributed by atoms with Gasteiger partial charge >= 0.3 is 0 Å². The molecule has 0 saturated heterocycles. The van der Waals surface area contributed by atoms with E-state index in [0.717, 1.165) is 5.56 Å². The van der Waals surface area contributed by atoms with Crippen molar-refractivity contribution < 1.29 is 14.4 Å². The maximum absolute atomic E-state index is 11.5. The van der Waals surface area contributed by atoms with Crippen molar-refractivity contribution in [2.75, 3.05) is 6.54 Å². The molecule has 3 N–H and O–H groups in total. The van der Waals surface area contributed by atoms with Crippen molar-refractivity contribution in [1.82, 2.24) is 16.2 Å². The highest BCUT2D eigenvalue weighted by Crippen LogP contribution is 2.00. The number of carbonyl (C=O) groups excluding carboxylic acids is 3. The summed E-state index contributed by atoms with van der Waals surface area (Å²) in [6.07, 6.45) is 3.18. The van der Waals surface area contributed by atoms with Crippen molar-refractivity contribution in [3.05, 3.63) is 42.0 Å². The number of amides is 3. The van der Waals surface area contributed by atoms with Crippen LogP contribution in [0.5, 0.6) is 0 Å². The number of hydrogen-bond donors (Lipinski definition) is 3. The van der Waals surface area contributed by atoms with E-state index < -0.39 is 0 Å². The molecular formula is C14H17N3O3. The molecule has 0 aliphatic carbocycles. The first-order valence-electron chi connectivity index (χ1n) is 6.14. The number of hydrogen-bond acceptors (Lipinski definition) is 3. The molecule has 1 aromatic carbocycles. The zero-order valence-electron chi connectivity index (χ0n) is 11.2. The van der Waals surface area contributed by atoms with E-state index in [1.807, 2.05) is 30.3 Å². The second-order valence-electron chi connectivity index (χ2n) is 4.01. The third-order valence-electron chi connectivity index (χ3n) is 2.26. The Morgan fingerprint density at radius 2 is 1.80 bits per heavy atom. The standard InChI is InChI=1S/C14H17N3O3/c1-11(18)16-17-14(20)9-10-15-13(19)8-7-12-5-3-2-4-6-12/h2-8H,9-10H2,1H3,(H,15,19)(H,16,18)(H,17,20)/b8-7+. The van der Waals surface area contributed by atoms with Gasteiger partial charge in [-0.3, -0.25) is 25.2 Å². The van der Waals surface area contributed by atoms with Crippen LogP contribution in [0.1, 0.15) is 18.9 Å². The van der Waals surface area contributed by atoms with Gasteiger partial charge < -0.3 is 5.32 Å². The summed E-state index contributed by atoms with van der Waals surface area (Å²) in [5.41, 5.74) is 5.29. The van der Waals surface area contributed by atoms with Gasteiger partial charge in [0.15, 0.2) is 0 Å². The Morgan fingerprint density at radius 3 is 2.45 bits per heavy atom. The van der Waals surface area contributed by atoms with Crippen LogP contribution in [-0.2, 0) is 14.4 Å². The first-order valence-corrected chi connectivity index (χ1v) is 6.14. The lowest BCUT2D eigenvalue weighted by molar-refractivity contribution is -0.128. The molecule has 0 saturated carbocycles. The van der Waals surface area contributed by atoms with Gasteiger partial charge in [-0.05, 0) is 11.6 Å². The molecule has 0 heterocycles. The second-order valence-corrected chi connectivity index (χ2v) is 4.01. The van der Waals surface area contributed by atoms with Crippen LogP contribution >= 0.6 is 0 Å². The fraction of sp³-hybridized carbons (Fsp3) is 0.214. The van der Waals surface area contributed by atoms with Crippen molar-refractivity contribution in [2.24, 2.45) is 0 Å². The van der Waals surface area contributed by atoms with Crippen LogP contribution in [0, 0.1) is 0 Å². The van der Waals surface area contributed by atoms with Crippen LogP contribution in [0.4, 0.5) is 0 Å². The Kier molecular flexibility index (Phi) is 6.53. The fourth-order valence-corrected chi connectivity index (χ4v) is 1.31. The summed E-state index contributed by atoms with van der Waals surface area (Å²) in [6.45, 7) is 1.49. The maximum Gasteiger partial charge on any atom is 0.244 e. The van der Waals surface area contributed by atoms with E-state index in [4.69, 9.17) is 0 Å². The highest BCUT2D eigenvalue weighted by molar-refractivity contribution is 5.92. The predicted octanol–water partition coefficient (Wildman–Crippen LogP) is 0.373. The number of hydrazine groups is 1. The monoisotopic (exact) mass is 275 g/mol. The number of benzene rings is 1. The van der Waals surface area contributed by atoms with Crippen LogP contribution in [0.25, 0.3) is 6.08 Å². The second kappa shape index (κ2) is 8.47. The molecule has 6 heteroatoms. The SMILES string of the molecule is CC(=O)NNC(=O)CCNC(=O)/C=C/c1ccccc1. The molecule has 0 fully saturated rings. The predicted molar refractivity (Wildman–Crippen MR) is 75.1 cm³/mol. The van der Waals surface area contributed by atoms with Gasteiger partial charge in [-0.15, -0.1) is 0 Å². The smallest absolute Gasteiger partial charge is 0.244 e. The lowest BCUT2D eigenvalue weighted by Gasteiger charge is -2.05. The van der Waals surface area contributed by atoms with Gasteiger partial charge in [-0.2, -0.15) is 0 Å². The van der Waals surface area contributed by atoms with Gasteiger partial charge in [0, 0.05) is 26.0 Å². The zero-order chi connectivity index (χ0) is 14.8. The summed E-state index contributed by atoms with van der Waals surface area (Å²) in [6, 6.07) is 9.41. The Labute approximate surface area is 117 Å². The van der Waals surface area contributed by atoms with E-state index >= 15 is 0 Å². The van der Waals surface area contributed by atoms with Gasteiger partial charge in [0.1, 0.15) is 0 Å². The average Bonchev–Trinajstić information content (AvgIpc) is 2.44. The Bertz CT molecular complexity index is 498. The van der Waals surface area contributed by atoms with E-state index in [-0.39, 0.29) is 30.7 Å². The minimum atomic E-state index is -0.368. The summed E-state index contributed by atoms with van der Waals surface area (Å²) in [7, 11) is 0. The summed E-state index contributed by atoms with van der Waals surface area (Å²) in [5.74, 6) is -0.998. The Balaban J connectivity index is 2.22. The molecule has 0 bridgehead atoms. The van der Waals surface area contributed by atoms with E-state index in [1.54, 1.807) is 6.08 Å². The molecule has 0 spiro atoms. The number of carbonyl (C=O) groups is 3. The third kappa shape index (κ3) is 6.95. The highest BCUT2D eigenvalue weighted by atomic mass is 16.2. The van der Waals surface area contributed by atoms with Gasteiger partial charge in [0.2, 0.25) is 17.7 Å². The average molecular weight is 275 g/mol. The molecule has 1 rings (SSSR count). The molecule has 0 aliphatic rings. The summed E-state index contributed by atoms with van der Waals surface area (Å²) in [4.78, 5) is 33.2. The Morgan fingerprint density at radius 1 is 1.10 bits per heavy atom. The van der Waals surface area contributed by atoms with Crippen molar-refractivity contribution in [2.45, 2.75) is 13.3 Å². The zero-order valence-corrected chi connectivity index (χ0v) is 11.2. The van der Waals surface area contributed by atoms with Crippen LogP contribution < -0.4 is 16.2 Å². The fourth-order valence-electron chi connectivity index (χ4n) is 1.31. The van der Waals surface area contributed by atoms with Crippen LogP contribution in [0.2, 0.25) is 0 Å². The van der Waals surface area contributed by atoms with Crippen molar-refractivity contribution in [1.29, 1.82) is 0 Å². The molecule has 0 radical (unpaired) electrons. The maximum atomic E-state index is 11.5. The first-order chi connectivity index (χ1) is 9.58. The van der Waals surface area contributed by atoms with Gasteiger partial charge in [-0.1, -0.05) is 30.3 Å². The van der Waals surface area contributed by atoms with E-state index in [2.05, 4.69) is 16.2 Å². The van der Waals surface area contributed by atoms with E-state index in [9.17, 15) is 14.4 Å². The summed E-state index contributed by atoms with van der Waals surface area (Å²) >= 11 is 0. The van der Waals surface area contributed by atoms with Crippen LogP contribution in [0.15, 0.2) is 36.4 Å². The van der Waals surface area contributed by atoms with E-state index in [1.165, 1.54) is 13.0 Å². The first kappa shape index (κ1) is 15.4. The summed E-state index contributed by atoms with van der Waals surface area (Å²) in [5, 5.41) is 2.57. The number of rotatable bonds is 5. The lowest BCUT2D eigenvalue weighted by Crippen LogP contribution is -2.41. The van der Waals surface area contributed by atoms with E-state index in [0.29, 0.717) is 0 Å². The third-order valence-corrected chi connectivity index (χ3v) is 2.26. The normalized spacial score (nSPS) is 10.1. The van der Waals surface area contributed by atoms with Gasteiger partial charge in [0.05, 0.1) is 0 Å². The topological polar surface area (TPSA) is 87.3 Å². The molecule has 0 aliphatic heterocycles. The van der Waals surface area contributed by atoms with Crippen molar-refractivity contribution in [3.8, 4) is 0 Å². The van der Waals surface area contributed by atoms with Crippen molar-refractivity contribution in [3.63, 3.8) is 0 Å². The van der Waals surface area contributed by atoms with Gasteiger partial charge in [-0.25, -0.2) is 0 Å². The summed E-state index contributed by atoms with van der Waals surface area (Å²) < 4.78 is 0. The lowest BCUT2D eigenvalue weighted by atomic mass is 10.2. The van der Waals surface area contributed by atoms with Gasteiger partial charge in [0.25, 0.3) is 0 Å². The molecule has 3 amide bonds. The molecule has 0 atom stereocenters. The molecular weight excluding hydrogens is 258 g/mol. The van der Waals surface area contributed by atoms with Crippen molar-refractivity contribution >= 4 is 23.8 Å². The largest absolute Gasteiger partial charge is 0.352 e. The minimum absolute atomic E-state index is 0.0885.